The van der Waals surface area contributed by atoms with Gasteiger partial charge in [-0.2, -0.15) is 4.39 Å². The van der Waals surface area contributed by atoms with Gasteiger partial charge in [0.25, 0.3) is 0 Å². The fourth-order valence-electron chi connectivity index (χ4n) is 7.09. The van der Waals surface area contributed by atoms with Gasteiger partial charge in [-0.1, -0.05) is 18.2 Å². The molecule has 0 atom stereocenters. The minimum Gasteiger partial charge on any atom is -0.494 e. The summed E-state index contributed by atoms with van der Waals surface area (Å²) in [7, 11) is 1.38. The van der Waals surface area contributed by atoms with Gasteiger partial charge in [-0.15, -0.1) is 0 Å². The highest BCUT2D eigenvalue weighted by Crippen LogP contribution is 2.47. The van der Waals surface area contributed by atoms with Crippen LogP contribution in [-0.4, -0.2) is 7.11 Å². The molecular formula is C28H40F2O. The molecule has 31 heavy (non-hydrogen) atoms. The molecule has 0 heterocycles. The highest BCUT2D eigenvalue weighted by Gasteiger charge is 2.35. The van der Waals surface area contributed by atoms with Crippen molar-refractivity contribution in [1.29, 1.82) is 0 Å². The topological polar surface area (TPSA) is 9.23 Å². The van der Waals surface area contributed by atoms with Crippen molar-refractivity contribution in [3.63, 3.8) is 0 Å². The minimum absolute atomic E-state index is 0.00186. The summed E-state index contributed by atoms with van der Waals surface area (Å²) < 4.78 is 33.6. The van der Waals surface area contributed by atoms with E-state index in [2.05, 4.69) is 19.1 Å². The second-order valence-corrected chi connectivity index (χ2v) is 10.5. The molecular weight excluding hydrogens is 390 g/mol. The molecule has 3 heteroatoms. The van der Waals surface area contributed by atoms with Crippen LogP contribution in [0.3, 0.4) is 0 Å². The van der Waals surface area contributed by atoms with E-state index in [1.807, 2.05) is 0 Å². The zero-order valence-electron chi connectivity index (χ0n) is 19.4. The van der Waals surface area contributed by atoms with E-state index >= 15 is 0 Å². The van der Waals surface area contributed by atoms with Crippen molar-refractivity contribution < 1.29 is 13.5 Å². The van der Waals surface area contributed by atoms with E-state index in [1.54, 1.807) is 12.1 Å². The van der Waals surface area contributed by atoms with Crippen LogP contribution in [0.5, 0.6) is 5.75 Å². The van der Waals surface area contributed by atoms with Crippen LogP contribution in [0.15, 0.2) is 24.3 Å². The summed E-state index contributed by atoms with van der Waals surface area (Å²) in [6.45, 7) is 2.15. The maximum Gasteiger partial charge on any atom is 0.200 e. The van der Waals surface area contributed by atoms with Crippen LogP contribution in [-0.2, 0) is 0 Å². The Morgan fingerprint density at radius 1 is 0.710 bits per heavy atom. The first-order chi connectivity index (χ1) is 15.1. The van der Waals surface area contributed by atoms with E-state index in [0.717, 1.165) is 42.4 Å². The van der Waals surface area contributed by atoms with Crippen LogP contribution in [0.25, 0.3) is 0 Å². The molecule has 3 aliphatic rings. The van der Waals surface area contributed by atoms with Crippen molar-refractivity contribution >= 4 is 0 Å². The molecule has 1 aromatic rings. The average Bonchev–Trinajstić information content (AvgIpc) is 2.82. The number of methoxy groups -OCH3 is 1. The third kappa shape index (κ3) is 5.17. The molecule has 0 aliphatic heterocycles. The van der Waals surface area contributed by atoms with E-state index < -0.39 is 11.6 Å². The van der Waals surface area contributed by atoms with Crippen LogP contribution in [0.4, 0.5) is 8.78 Å². The lowest BCUT2D eigenvalue weighted by molar-refractivity contribution is 0.114. The van der Waals surface area contributed by atoms with Gasteiger partial charge >= 0.3 is 0 Å². The van der Waals surface area contributed by atoms with Crippen LogP contribution in [0.2, 0.25) is 0 Å². The van der Waals surface area contributed by atoms with Crippen LogP contribution < -0.4 is 4.74 Å². The first-order valence-corrected chi connectivity index (χ1v) is 12.7. The summed E-state index contributed by atoms with van der Waals surface area (Å²) in [4.78, 5) is 0. The number of rotatable bonds is 5. The van der Waals surface area contributed by atoms with Crippen molar-refractivity contribution in [1.82, 2.24) is 0 Å². The number of benzene rings is 1. The van der Waals surface area contributed by atoms with Gasteiger partial charge in [0, 0.05) is 0 Å². The van der Waals surface area contributed by atoms with Crippen molar-refractivity contribution in [2.45, 2.75) is 89.9 Å². The number of ether oxygens (including phenoxy) is 1. The first-order valence-electron chi connectivity index (χ1n) is 12.7. The Kier molecular flexibility index (Phi) is 7.72. The highest BCUT2D eigenvalue weighted by molar-refractivity contribution is 5.33. The molecule has 172 valence electrons. The normalized spacial score (nSPS) is 34.7. The smallest absolute Gasteiger partial charge is 0.200 e. The first kappa shape index (κ1) is 22.8. The monoisotopic (exact) mass is 430 g/mol. The molecule has 3 fully saturated rings. The lowest BCUT2D eigenvalue weighted by atomic mass is 9.64. The van der Waals surface area contributed by atoms with Gasteiger partial charge in [-0.05, 0) is 131 Å². The Labute approximate surface area is 187 Å². The Balaban J connectivity index is 1.24. The molecule has 4 rings (SSSR count). The van der Waals surface area contributed by atoms with Crippen LogP contribution in [0, 0.1) is 41.2 Å². The summed E-state index contributed by atoms with van der Waals surface area (Å²) in [5.74, 6) is 3.01. The summed E-state index contributed by atoms with van der Waals surface area (Å²) in [5, 5.41) is 0. The number of halogens is 2. The predicted molar refractivity (Wildman–Crippen MR) is 123 cm³/mol. The van der Waals surface area contributed by atoms with Gasteiger partial charge in [0.15, 0.2) is 11.6 Å². The molecule has 0 aromatic heterocycles. The van der Waals surface area contributed by atoms with E-state index in [1.165, 1.54) is 71.3 Å². The molecule has 0 saturated heterocycles. The average molecular weight is 431 g/mol. The standard InChI is InChI=1S/C28H40F2O/c1-3-4-19-5-7-20(8-6-19)21-9-11-22(12-10-21)23-13-15-24(16-14-23)25-17-18-26(31-2)28(30)27(25)29/h3-4,17-24H,5-16H2,1-2H3/b4-3+. The van der Waals surface area contributed by atoms with Crippen molar-refractivity contribution in [2.75, 3.05) is 7.11 Å². The maximum absolute atomic E-state index is 14.5. The number of hydrogen-bond acceptors (Lipinski definition) is 1. The third-order valence-electron chi connectivity index (χ3n) is 8.94. The Bertz CT molecular complexity index is 734. The Morgan fingerprint density at radius 3 is 1.68 bits per heavy atom. The van der Waals surface area contributed by atoms with Gasteiger partial charge in [0.2, 0.25) is 5.82 Å². The van der Waals surface area contributed by atoms with Gasteiger partial charge in [0.05, 0.1) is 7.11 Å². The SMILES string of the molecule is C/C=C/C1CCC(C2CCC(C3CCC(c4ccc(OC)c(F)c4F)CC3)CC2)CC1. The molecule has 0 spiro atoms. The largest absolute Gasteiger partial charge is 0.494 e. The van der Waals surface area contributed by atoms with Gasteiger partial charge < -0.3 is 4.74 Å². The molecule has 0 bridgehead atoms. The zero-order valence-corrected chi connectivity index (χ0v) is 19.4. The third-order valence-corrected chi connectivity index (χ3v) is 8.94. The second kappa shape index (κ2) is 10.5. The summed E-state index contributed by atoms with van der Waals surface area (Å²) in [6, 6.07) is 3.31. The summed E-state index contributed by atoms with van der Waals surface area (Å²) in [6.07, 6.45) is 20.2. The molecule has 0 radical (unpaired) electrons. The van der Waals surface area contributed by atoms with Crippen molar-refractivity contribution in [2.24, 2.45) is 29.6 Å². The fourth-order valence-corrected chi connectivity index (χ4v) is 7.09. The lowest BCUT2D eigenvalue weighted by Crippen LogP contribution is -2.29. The quantitative estimate of drug-likeness (QED) is 0.426. The minimum atomic E-state index is -0.833. The molecule has 0 amide bonds. The van der Waals surface area contributed by atoms with Gasteiger partial charge in [0.1, 0.15) is 0 Å². The van der Waals surface area contributed by atoms with E-state index in [-0.39, 0.29) is 11.7 Å². The van der Waals surface area contributed by atoms with Crippen LogP contribution in [0.1, 0.15) is 95.5 Å². The Hall–Kier alpha value is -1.38. The number of hydrogen-bond donors (Lipinski definition) is 0. The summed E-state index contributed by atoms with van der Waals surface area (Å²) in [5.41, 5.74) is 0.550. The highest BCUT2D eigenvalue weighted by atomic mass is 19.2. The molecule has 1 nitrogen and oxygen atoms in total. The van der Waals surface area contributed by atoms with E-state index in [0.29, 0.717) is 5.56 Å². The number of allylic oxidation sites excluding steroid dienone is 2. The lowest BCUT2D eigenvalue weighted by Gasteiger charge is -2.41. The zero-order chi connectivity index (χ0) is 21.8. The molecule has 3 saturated carbocycles. The molecule has 0 unspecified atom stereocenters. The van der Waals surface area contributed by atoms with Crippen molar-refractivity contribution in [3.8, 4) is 5.75 Å². The fraction of sp³-hybridized carbons (Fsp3) is 0.714. The van der Waals surface area contributed by atoms with Crippen molar-refractivity contribution in [3.05, 3.63) is 41.5 Å². The molecule has 0 N–H and O–H groups in total. The van der Waals surface area contributed by atoms with E-state index in [9.17, 15) is 8.78 Å². The molecule has 1 aromatic carbocycles. The van der Waals surface area contributed by atoms with Gasteiger partial charge in [-0.3, -0.25) is 0 Å². The Morgan fingerprint density at radius 2 is 1.19 bits per heavy atom. The van der Waals surface area contributed by atoms with Crippen LogP contribution >= 0.6 is 0 Å². The predicted octanol–water partition coefficient (Wildman–Crippen LogP) is 8.44. The maximum atomic E-state index is 14.5. The summed E-state index contributed by atoms with van der Waals surface area (Å²) >= 11 is 0. The second-order valence-electron chi connectivity index (χ2n) is 10.5. The molecule has 3 aliphatic carbocycles. The van der Waals surface area contributed by atoms with E-state index in [4.69, 9.17) is 4.74 Å². The van der Waals surface area contributed by atoms with Gasteiger partial charge in [-0.25, -0.2) is 4.39 Å².